The van der Waals surface area contributed by atoms with Gasteiger partial charge in [-0.2, -0.15) is 0 Å². The summed E-state index contributed by atoms with van der Waals surface area (Å²) in [6.07, 6.45) is 4.31. The van der Waals surface area contributed by atoms with Gasteiger partial charge in [0.05, 0.1) is 47.0 Å². The van der Waals surface area contributed by atoms with Gasteiger partial charge in [0, 0.05) is 74.0 Å². The highest BCUT2D eigenvalue weighted by molar-refractivity contribution is 6.30. The number of aliphatic hydroxyl groups excluding tert-OH is 2. The van der Waals surface area contributed by atoms with Crippen LogP contribution < -0.4 is 15.8 Å². The van der Waals surface area contributed by atoms with Crippen LogP contribution in [-0.4, -0.2) is 92.1 Å². The molecule has 1 amide bonds. The fourth-order valence-corrected chi connectivity index (χ4v) is 7.21. The Hall–Kier alpha value is -6.04. The monoisotopic (exact) mass is 838 g/mol. The normalized spacial score (nSPS) is 30.3. The lowest BCUT2D eigenvalue weighted by Crippen LogP contribution is -2.46. The quantitative estimate of drug-likeness (QED) is 0.125. The molecule has 3 aliphatic heterocycles. The average molecular weight is 839 g/mol. The third-order valence-corrected chi connectivity index (χ3v) is 10.9. The summed E-state index contributed by atoms with van der Waals surface area (Å²) in [5.41, 5.74) is 3.57. The van der Waals surface area contributed by atoms with Crippen molar-refractivity contribution in [3.05, 3.63) is 88.1 Å². The lowest BCUT2D eigenvalue weighted by Gasteiger charge is -2.38. The number of allylic oxidation sites excluding steroid dienone is 4. The number of hydrogen-bond acceptors (Lipinski definition) is 15. The van der Waals surface area contributed by atoms with E-state index in [-0.39, 0.29) is 33.7 Å². The van der Waals surface area contributed by atoms with Crippen molar-refractivity contribution in [2.75, 3.05) is 12.8 Å². The molecule has 5 bridgehead atoms. The van der Waals surface area contributed by atoms with E-state index in [4.69, 9.17) is 34.9 Å². The van der Waals surface area contributed by atoms with Crippen molar-refractivity contribution >= 4 is 34.9 Å². The first kappa shape index (κ1) is 46.6. The Labute approximate surface area is 345 Å². The van der Waals surface area contributed by atoms with E-state index in [1.54, 1.807) is 39.8 Å². The molecule has 3 heterocycles. The number of methoxy groups -OCH3 is 1. The Balaban J connectivity index is 0.000000693. The molecular formula is C43H51FN2O14. The predicted octanol–water partition coefficient (Wildman–Crippen LogP) is 4.45. The van der Waals surface area contributed by atoms with Crippen molar-refractivity contribution in [3.63, 3.8) is 0 Å². The van der Waals surface area contributed by atoms with Gasteiger partial charge in [-0.25, -0.2) is 4.39 Å². The van der Waals surface area contributed by atoms with E-state index in [0.29, 0.717) is 0 Å². The van der Waals surface area contributed by atoms with Crippen molar-refractivity contribution in [3.8, 4) is 23.0 Å². The first-order valence-electron chi connectivity index (χ1n) is 18.9. The number of ketones is 3. The summed E-state index contributed by atoms with van der Waals surface area (Å²) in [6, 6.07) is 1.66. The van der Waals surface area contributed by atoms with Crippen LogP contribution in [0.4, 0.5) is 10.1 Å². The minimum Gasteiger partial charge on any atom is -0.507 e. The average Bonchev–Trinajstić information content (AvgIpc) is 3.45. The largest absolute Gasteiger partial charge is 0.507 e. The molecule has 0 fully saturated rings. The maximum atomic E-state index is 13.9. The summed E-state index contributed by atoms with van der Waals surface area (Å²) < 4.78 is 35.3. The number of carbonyl (C=O) groups is 5. The van der Waals surface area contributed by atoms with Crippen molar-refractivity contribution in [1.82, 2.24) is 5.32 Å². The van der Waals surface area contributed by atoms with Crippen molar-refractivity contribution in [1.29, 1.82) is 0 Å². The number of anilines is 1. The van der Waals surface area contributed by atoms with Crippen LogP contribution in [0.5, 0.6) is 23.0 Å². The number of aromatic hydroxyl groups is 3. The standard InChI is InChI=1S/C37H45NO12.C6H6FNO2/c1-16-11-10-12-17(2)36(46)38-23-15-24(40)26-27(32(23)44)31(43)21(6)34-28(26)35(45)37(8,50-34)48-14-13-25(47-9)18(3)33(49-22(7)39)20(5)30(42)19(4)29(16)41;7-3-1-4(9)6(8)5(10)2-3/h10-16,18-20,25,29-30,33,41-43H,1-9H3,(H,38,46);1-2,9-10H,8H2/b11-10+,14-13+,17-12-;/t16-,18+,19+,20+,25-,29-,30+,33+,37-;/m0./s1. The van der Waals surface area contributed by atoms with Gasteiger partial charge in [-0.15, -0.1) is 0 Å². The third-order valence-electron chi connectivity index (χ3n) is 10.9. The lowest BCUT2D eigenvalue weighted by molar-refractivity contribution is -0.160. The Bertz CT molecular complexity index is 2170. The van der Waals surface area contributed by atoms with Gasteiger partial charge in [-0.3, -0.25) is 24.0 Å². The third kappa shape index (κ3) is 9.38. The highest BCUT2D eigenvalue weighted by atomic mass is 19.1. The summed E-state index contributed by atoms with van der Waals surface area (Å²) >= 11 is 0. The number of rotatable bonds is 2. The highest BCUT2D eigenvalue weighted by Crippen LogP contribution is 2.48. The number of benzene rings is 2. The van der Waals surface area contributed by atoms with E-state index in [1.165, 1.54) is 47.0 Å². The number of Topliss-reactive ketones (excluding diaryl/α,β-unsaturated/α-hetero) is 2. The molecule has 9 atom stereocenters. The first-order chi connectivity index (χ1) is 28.0. The van der Waals surface area contributed by atoms with Crippen LogP contribution >= 0.6 is 0 Å². The van der Waals surface area contributed by atoms with Gasteiger partial charge < -0.3 is 55.5 Å². The highest BCUT2D eigenvalue weighted by Gasteiger charge is 2.51. The number of halogens is 1. The Morgan fingerprint density at radius 1 is 0.917 bits per heavy atom. The number of nitrogens with one attached hydrogen (secondary N) is 1. The maximum absolute atomic E-state index is 13.9. The van der Waals surface area contributed by atoms with Crippen LogP contribution in [-0.2, 0) is 23.8 Å². The van der Waals surface area contributed by atoms with Crippen LogP contribution in [0.1, 0.15) is 85.1 Å². The Morgan fingerprint density at radius 2 is 1.53 bits per heavy atom. The van der Waals surface area contributed by atoms with Crippen LogP contribution in [0.2, 0.25) is 0 Å². The smallest absolute Gasteiger partial charge is 0.312 e. The molecule has 17 heteroatoms. The van der Waals surface area contributed by atoms with Gasteiger partial charge in [-0.05, 0) is 19.9 Å². The molecule has 0 saturated carbocycles. The Kier molecular flexibility index (Phi) is 14.4. The second-order valence-electron chi connectivity index (χ2n) is 15.2. The summed E-state index contributed by atoms with van der Waals surface area (Å²) in [4.78, 5) is 66.2. The maximum Gasteiger partial charge on any atom is 0.312 e. The van der Waals surface area contributed by atoms with Gasteiger partial charge in [-0.1, -0.05) is 45.9 Å². The van der Waals surface area contributed by atoms with Crippen molar-refractivity contribution < 1.29 is 72.8 Å². The minimum atomic E-state index is -2.03. The van der Waals surface area contributed by atoms with E-state index >= 15 is 0 Å². The zero-order valence-corrected chi connectivity index (χ0v) is 34.6. The number of esters is 1. The van der Waals surface area contributed by atoms with E-state index in [1.807, 2.05) is 0 Å². The van der Waals surface area contributed by atoms with E-state index in [0.717, 1.165) is 24.5 Å². The van der Waals surface area contributed by atoms with Crippen LogP contribution in [0.15, 0.2) is 60.0 Å². The molecule has 0 aromatic heterocycles. The predicted molar refractivity (Wildman–Crippen MR) is 213 cm³/mol. The number of fused-ring (bicyclic) bond motifs is 14. The molecule has 1 aliphatic carbocycles. The second-order valence-corrected chi connectivity index (χ2v) is 15.2. The summed E-state index contributed by atoms with van der Waals surface area (Å²) in [6.45, 7) is 12.3. The number of phenols is 3. The van der Waals surface area contributed by atoms with E-state index < -0.39 is 117 Å². The lowest BCUT2D eigenvalue weighted by atomic mass is 9.78. The molecule has 16 nitrogen and oxygen atoms in total. The molecule has 0 saturated heterocycles. The number of amides is 1. The van der Waals surface area contributed by atoms with E-state index in [9.17, 15) is 43.7 Å². The van der Waals surface area contributed by atoms with E-state index in [2.05, 4.69) is 5.32 Å². The molecule has 0 radical (unpaired) electrons. The summed E-state index contributed by atoms with van der Waals surface area (Å²) in [5.74, 6) is -10.6. The molecule has 2 aromatic carbocycles. The number of nitrogen functional groups attached to an aromatic ring is 1. The van der Waals surface area contributed by atoms with Gasteiger partial charge in [0.2, 0.25) is 5.78 Å². The number of hydrogen-bond donors (Lipinski definition) is 7. The molecule has 2 aromatic rings. The number of carbonyl (C=O) groups excluding carboxylic acids is 5. The SMILES string of the molecule is CO[C@H]1/C=C/O[C@@]2(C)Oc3c(C)c(O)c4c(c3C2=O)C(=O)C=C(NC(=O)/C(C)=C\C=C\[C@H](C)[C@H](O)[C@@H](C)[C@@H](O)[C@@H](C)[C@H](OC(C)=O)[C@@H]1C)C4=O.Nc1c(O)cc(F)cc1O. The molecule has 60 heavy (non-hydrogen) atoms. The minimum absolute atomic E-state index is 0.00885. The zero-order chi connectivity index (χ0) is 45.1. The fraction of sp³-hybridized carbons (Fsp3) is 0.419. The molecule has 4 aliphatic rings. The van der Waals surface area contributed by atoms with Gasteiger partial charge in [0.15, 0.2) is 5.78 Å². The molecule has 324 valence electrons. The van der Waals surface area contributed by atoms with Crippen molar-refractivity contribution in [2.45, 2.75) is 85.6 Å². The first-order valence-corrected chi connectivity index (χ1v) is 18.9. The molecule has 0 unspecified atom stereocenters. The van der Waals surface area contributed by atoms with Crippen LogP contribution in [0.25, 0.3) is 0 Å². The topological polar surface area (TPSA) is 261 Å². The van der Waals surface area contributed by atoms with Crippen LogP contribution in [0, 0.1) is 36.4 Å². The Morgan fingerprint density at radius 3 is 2.12 bits per heavy atom. The summed E-state index contributed by atoms with van der Waals surface area (Å²) in [7, 11) is 1.42. The van der Waals surface area contributed by atoms with Crippen LogP contribution in [0.3, 0.4) is 0 Å². The molecular weight excluding hydrogens is 787 g/mol. The number of aliphatic hydroxyl groups is 2. The molecule has 0 spiro atoms. The second kappa shape index (κ2) is 18.5. The van der Waals surface area contributed by atoms with Crippen molar-refractivity contribution in [2.24, 2.45) is 23.7 Å². The van der Waals surface area contributed by atoms with Gasteiger partial charge >= 0.3 is 11.8 Å². The number of ether oxygens (including phenoxy) is 4. The fourth-order valence-electron chi connectivity index (χ4n) is 7.21. The van der Waals surface area contributed by atoms with Gasteiger partial charge in [0.25, 0.3) is 11.7 Å². The summed E-state index contributed by atoms with van der Waals surface area (Å²) in [5, 5.41) is 53.6. The number of phenolic OH excluding ortho intramolecular Hbond substituents is 3. The molecule has 6 rings (SSSR count). The zero-order valence-electron chi connectivity index (χ0n) is 34.6. The number of nitrogens with two attached hydrogens (primary N) is 1. The van der Waals surface area contributed by atoms with Gasteiger partial charge in [0.1, 0.15) is 40.6 Å². The molecule has 8 N–H and O–H groups in total.